The number of azide groups is 2. The van der Waals surface area contributed by atoms with Crippen molar-refractivity contribution in [3.8, 4) is 0 Å². The molecule has 0 aliphatic heterocycles. The lowest BCUT2D eigenvalue weighted by Crippen LogP contribution is -2.02. The molecule has 0 N–H and O–H groups in total. The summed E-state index contributed by atoms with van der Waals surface area (Å²) in [6.45, 7) is 0.254. The lowest BCUT2D eigenvalue weighted by molar-refractivity contribution is 0.147. The summed E-state index contributed by atoms with van der Waals surface area (Å²) in [4.78, 5) is 25.6. The van der Waals surface area contributed by atoms with Gasteiger partial charge in [-0.1, -0.05) is 0 Å². The number of rotatable bonds is 6. The molecule has 0 aliphatic carbocycles. The van der Waals surface area contributed by atoms with E-state index in [4.69, 9.17) is 11.1 Å². The molecule has 0 aliphatic rings. The Morgan fingerprint density at radius 3 is 1.65 bits per heavy atom. The fourth-order valence-electron chi connectivity index (χ4n) is 0.831. The Labute approximate surface area is 95.7 Å². The second kappa shape index (κ2) is 10.1. The molecular weight excluding hydrogens is 232 g/mol. The average molecular weight is 242 g/mol. The molecule has 0 aromatic heterocycles. The normalized spacial score (nSPS) is 8.47. The third-order valence-corrected chi connectivity index (χ3v) is 1.49. The Morgan fingerprint density at radius 1 is 0.882 bits per heavy atom. The summed E-state index contributed by atoms with van der Waals surface area (Å²) in [6, 6.07) is 0. The van der Waals surface area contributed by atoms with Gasteiger partial charge in [-0.3, -0.25) is 0 Å². The number of amides is 2. The molecular formula is C7H10N6O4. The van der Waals surface area contributed by atoms with E-state index in [1.807, 2.05) is 0 Å². The van der Waals surface area contributed by atoms with Gasteiger partial charge in [-0.15, -0.1) is 0 Å². The summed E-state index contributed by atoms with van der Waals surface area (Å²) in [5.74, 6) is 0. The first-order valence-corrected chi connectivity index (χ1v) is 4.64. The van der Waals surface area contributed by atoms with E-state index in [1.54, 1.807) is 0 Å². The van der Waals surface area contributed by atoms with Crippen molar-refractivity contribution in [2.45, 2.75) is 19.3 Å². The Bertz CT molecular complexity index is 323. The van der Waals surface area contributed by atoms with Crippen LogP contribution >= 0.6 is 0 Å². The van der Waals surface area contributed by atoms with Gasteiger partial charge in [0.2, 0.25) is 0 Å². The van der Waals surface area contributed by atoms with Crippen molar-refractivity contribution in [1.29, 1.82) is 0 Å². The summed E-state index contributed by atoms with van der Waals surface area (Å²) >= 11 is 0. The highest BCUT2D eigenvalue weighted by atomic mass is 16.6. The molecule has 0 fully saturated rings. The molecule has 10 heteroatoms. The maximum atomic E-state index is 10.5. The van der Waals surface area contributed by atoms with Crippen molar-refractivity contribution < 1.29 is 19.1 Å². The number of carbonyl (C=O) groups is 2. The molecule has 0 atom stereocenters. The minimum absolute atomic E-state index is 0.127. The molecule has 0 aromatic carbocycles. The first-order valence-electron chi connectivity index (χ1n) is 4.64. The van der Waals surface area contributed by atoms with Crippen LogP contribution in [-0.2, 0) is 9.47 Å². The third kappa shape index (κ3) is 9.85. The van der Waals surface area contributed by atoms with Gasteiger partial charge in [0.15, 0.2) is 0 Å². The van der Waals surface area contributed by atoms with Crippen LogP contribution in [0, 0.1) is 0 Å². The predicted octanol–water partition coefficient (Wildman–Crippen LogP) is 3.05. The van der Waals surface area contributed by atoms with Gasteiger partial charge in [-0.05, 0) is 30.3 Å². The lowest BCUT2D eigenvalue weighted by Gasteiger charge is -2.02. The zero-order chi connectivity index (χ0) is 12.9. The average Bonchev–Trinajstić information content (AvgIpc) is 2.28. The van der Waals surface area contributed by atoms with Crippen LogP contribution in [0.2, 0.25) is 0 Å². The number of carbonyl (C=O) groups excluding carboxylic acids is 2. The van der Waals surface area contributed by atoms with E-state index < -0.39 is 12.2 Å². The van der Waals surface area contributed by atoms with Gasteiger partial charge < -0.3 is 9.47 Å². The van der Waals surface area contributed by atoms with Crippen molar-refractivity contribution >= 4 is 12.2 Å². The second-order valence-electron chi connectivity index (χ2n) is 2.67. The topological polar surface area (TPSA) is 150 Å². The molecule has 10 nitrogen and oxygen atoms in total. The van der Waals surface area contributed by atoms with Crippen molar-refractivity contribution in [3.05, 3.63) is 20.9 Å². The van der Waals surface area contributed by atoms with Crippen LogP contribution in [0.4, 0.5) is 9.59 Å². The second-order valence-corrected chi connectivity index (χ2v) is 2.67. The van der Waals surface area contributed by atoms with Gasteiger partial charge in [-0.2, -0.15) is 0 Å². The van der Waals surface area contributed by atoms with Crippen LogP contribution in [0.1, 0.15) is 19.3 Å². The smallest absolute Gasteiger partial charge is 0.396 e. The SMILES string of the molecule is [N-]=[N+]=NC(=O)OCCCCCOC(=O)N=[N+]=[N-]. The largest absolute Gasteiger partial charge is 0.461 e. The first kappa shape index (κ1) is 14.6. The maximum Gasteiger partial charge on any atom is 0.396 e. The molecule has 0 saturated heterocycles. The van der Waals surface area contributed by atoms with Crippen molar-refractivity contribution in [2.24, 2.45) is 10.2 Å². The number of ether oxygens (including phenoxy) is 2. The molecule has 0 aromatic rings. The van der Waals surface area contributed by atoms with Crippen LogP contribution in [0.25, 0.3) is 20.9 Å². The molecule has 0 bridgehead atoms. The van der Waals surface area contributed by atoms with Crippen LogP contribution in [-0.4, -0.2) is 25.4 Å². The van der Waals surface area contributed by atoms with Gasteiger partial charge in [0.25, 0.3) is 0 Å². The summed E-state index contributed by atoms with van der Waals surface area (Å²) in [7, 11) is 0. The van der Waals surface area contributed by atoms with E-state index in [1.165, 1.54) is 0 Å². The Kier molecular flexibility index (Phi) is 8.64. The number of unbranched alkanes of at least 4 members (excludes halogenated alkanes) is 2. The number of hydrogen-bond acceptors (Lipinski definition) is 4. The highest BCUT2D eigenvalue weighted by Gasteiger charge is 1.99. The molecule has 2 amide bonds. The fourth-order valence-corrected chi connectivity index (χ4v) is 0.831. The van der Waals surface area contributed by atoms with Crippen molar-refractivity contribution in [2.75, 3.05) is 13.2 Å². The fraction of sp³-hybridized carbons (Fsp3) is 0.714. The highest BCUT2D eigenvalue weighted by Crippen LogP contribution is 1.98. The summed E-state index contributed by atoms with van der Waals surface area (Å²) in [5.41, 5.74) is 15.8. The Morgan fingerprint density at radius 2 is 1.29 bits per heavy atom. The van der Waals surface area contributed by atoms with E-state index in [9.17, 15) is 9.59 Å². The van der Waals surface area contributed by atoms with Gasteiger partial charge in [0, 0.05) is 20.1 Å². The van der Waals surface area contributed by atoms with E-state index in [0.717, 1.165) is 0 Å². The molecule has 0 unspecified atom stereocenters. The molecule has 0 spiro atoms. The van der Waals surface area contributed by atoms with Gasteiger partial charge in [-0.25, -0.2) is 9.59 Å². The summed E-state index contributed by atoms with van der Waals surface area (Å²) < 4.78 is 9.03. The third-order valence-electron chi connectivity index (χ3n) is 1.49. The zero-order valence-electron chi connectivity index (χ0n) is 8.85. The minimum atomic E-state index is -0.970. The van der Waals surface area contributed by atoms with Crippen molar-refractivity contribution in [1.82, 2.24) is 0 Å². The molecule has 0 rings (SSSR count). The van der Waals surface area contributed by atoms with Crippen LogP contribution in [0.5, 0.6) is 0 Å². The van der Waals surface area contributed by atoms with Crippen LogP contribution in [0.3, 0.4) is 0 Å². The number of hydrogen-bond donors (Lipinski definition) is 0. The van der Waals surface area contributed by atoms with E-state index in [0.29, 0.717) is 19.3 Å². The summed E-state index contributed by atoms with van der Waals surface area (Å²) in [6.07, 6.45) is -0.200. The van der Waals surface area contributed by atoms with Crippen molar-refractivity contribution in [3.63, 3.8) is 0 Å². The van der Waals surface area contributed by atoms with E-state index in [2.05, 4.69) is 29.5 Å². The highest BCUT2D eigenvalue weighted by molar-refractivity contribution is 5.68. The molecule has 0 radical (unpaired) electrons. The Balaban J connectivity index is 3.35. The Hall–Kier alpha value is -2.44. The minimum Gasteiger partial charge on any atom is -0.461 e. The first-order chi connectivity index (χ1) is 8.20. The van der Waals surface area contributed by atoms with Crippen LogP contribution in [0.15, 0.2) is 10.2 Å². The monoisotopic (exact) mass is 242 g/mol. The molecule has 17 heavy (non-hydrogen) atoms. The van der Waals surface area contributed by atoms with Crippen LogP contribution < -0.4 is 0 Å². The van der Waals surface area contributed by atoms with Gasteiger partial charge in [0.1, 0.15) is 0 Å². The molecule has 0 saturated carbocycles. The molecule has 0 heterocycles. The lowest BCUT2D eigenvalue weighted by atomic mass is 10.2. The quantitative estimate of drug-likeness (QED) is 0.304. The summed E-state index contributed by atoms with van der Waals surface area (Å²) in [5, 5.41) is 5.41. The van der Waals surface area contributed by atoms with E-state index >= 15 is 0 Å². The van der Waals surface area contributed by atoms with E-state index in [-0.39, 0.29) is 13.2 Å². The predicted molar refractivity (Wildman–Crippen MR) is 54.8 cm³/mol. The maximum absolute atomic E-state index is 10.5. The van der Waals surface area contributed by atoms with Gasteiger partial charge in [0.05, 0.1) is 13.2 Å². The zero-order valence-corrected chi connectivity index (χ0v) is 8.85. The molecule has 92 valence electrons. The number of nitrogens with zero attached hydrogens (tertiary/aromatic N) is 6. The standard InChI is InChI=1S/C7H10N6O4/c8-12-10-6(14)16-4-2-1-3-5-17-7(15)11-13-9/h1-5H2. The van der Waals surface area contributed by atoms with Gasteiger partial charge >= 0.3 is 12.2 Å².